The third-order valence-electron chi connectivity index (χ3n) is 3.02. The van der Waals surface area contributed by atoms with Crippen LogP contribution < -0.4 is 10.6 Å². The number of likely N-dealkylation sites (N-methyl/N-ethyl adjacent to an activating group) is 1. The van der Waals surface area contributed by atoms with Crippen LogP contribution in [0.4, 0.5) is 0 Å². The summed E-state index contributed by atoms with van der Waals surface area (Å²) in [6, 6.07) is 7.52. The SMILES string of the molecule is CNCC(=O)NC(C)c1nc(-c2ccc(Cl)cc2)c(C)s1. The van der Waals surface area contributed by atoms with Crippen molar-refractivity contribution in [3.05, 3.63) is 39.2 Å². The number of nitrogens with zero attached hydrogens (tertiary/aromatic N) is 1. The van der Waals surface area contributed by atoms with E-state index in [1.165, 1.54) is 0 Å². The van der Waals surface area contributed by atoms with Crippen LogP contribution in [0, 0.1) is 6.92 Å². The molecule has 0 aliphatic rings. The molecule has 1 aromatic carbocycles. The first-order chi connectivity index (χ1) is 10.0. The lowest BCUT2D eigenvalue weighted by atomic mass is 10.1. The molecule has 112 valence electrons. The van der Waals surface area contributed by atoms with Crippen molar-refractivity contribution < 1.29 is 4.79 Å². The number of benzene rings is 1. The molecule has 0 aliphatic carbocycles. The zero-order chi connectivity index (χ0) is 15.4. The molecule has 21 heavy (non-hydrogen) atoms. The highest BCUT2D eigenvalue weighted by atomic mass is 35.5. The number of carbonyl (C=O) groups is 1. The Bertz CT molecular complexity index is 624. The minimum Gasteiger partial charge on any atom is -0.346 e. The van der Waals surface area contributed by atoms with Crippen molar-refractivity contribution >= 4 is 28.8 Å². The van der Waals surface area contributed by atoms with Crippen molar-refractivity contribution in [3.63, 3.8) is 0 Å². The molecule has 6 heteroatoms. The van der Waals surface area contributed by atoms with Gasteiger partial charge in [0.15, 0.2) is 0 Å². The number of hydrogen-bond acceptors (Lipinski definition) is 4. The molecule has 1 unspecified atom stereocenters. The molecule has 1 aromatic heterocycles. The first-order valence-corrected chi connectivity index (χ1v) is 7.88. The van der Waals surface area contributed by atoms with Gasteiger partial charge in [-0.3, -0.25) is 4.79 Å². The van der Waals surface area contributed by atoms with E-state index in [1.54, 1.807) is 18.4 Å². The van der Waals surface area contributed by atoms with Crippen molar-refractivity contribution in [3.8, 4) is 11.3 Å². The molecule has 0 spiro atoms. The molecule has 0 aliphatic heterocycles. The lowest BCUT2D eigenvalue weighted by molar-refractivity contribution is -0.120. The molecule has 1 atom stereocenters. The summed E-state index contributed by atoms with van der Waals surface area (Å²) in [5.74, 6) is -0.0362. The fraction of sp³-hybridized carbons (Fsp3) is 0.333. The monoisotopic (exact) mass is 323 g/mol. The number of rotatable bonds is 5. The zero-order valence-electron chi connectivity index (χ0n) is 12.2. The highest BCUT2D eigenvalue weighted by molar-refractivity contribution is 7.12. The van der Waals surface area contributed by atoms with Crippen molar-refractivity contribution in [1.29, 1.82) is 0 Å². The fourth-order valence-corrected chi connectivity index (χ4v) is 3.07. The summed E-state index contributed by atoms with van der Waals surface area (Å²) in [7, 11) is 1.75. The first kappa shape index (κ1) is 15.9. The van der Waals surface area contributed by atoms with Crippen LogP contribution in [0.5, 0.6) is 0 Å². The second-order valence-electron chi connectivity index (χ2n) is 4.78. The Kier molecular flexibility index (Phi) is 5.33. The van der Waals surface area contributed by atoms with Gasteiger partial charge < -0.3 is 10.6 Å². The molecule has 0 saturated carbocycles. The number of aryl methyl sites for hydroxylation is 1. The van der Waals surface area contributed by atoms with Crippen LogP contribution in [0.15, 0.2) is 24.3 Å². The van der Waals surface area contributed by atoms with Crippen LogP contribution in [0.3, 0.4) is 0 Å². The standard InChI is InChI=1S/C15H18ClN3OS/c1-9(18-13(20)8-17-3)15-19-14(10(2)21-15)11-4-6-12(16)7-5-11/h4-7,9,17H,8H2,1-3H3,(H,18,20). The Morgan fingerprint density at radius 1 is 1.38 bits per heavy atom. The molecule has 2 N–H and O–H groups in total. The van der Waals surface area contributed by atoms with Gasteiger partial charge in [-0.1, -0.05) is 23.7 Å². The van der Waals surface area contributed by atoms with Crippen molar-refractivity contribution in [2.75, 3.05) is 13.6 Å². The van der Waals surface area contributed by atoms with Gasteiger partial charge in [0.25, 0.3) is 0 Å². The Hall–Kier alpha value is -1.43. The third kappa shape index (κ3) is 4.03. The number of hydrogen-bond donors (Lipinski definition) is 2. The van der Waals surface area contributed by atoms with E-state index >= 15 is 0 Å². The number of carbonyl (C=O) groups excluding carboxylic acids is 1. The number of amides is 1. The lowest BCUT2D eigenvalue weighted by Gasteiger charge is -2.10. The van der Waals surface area contributed by atoms with Gasteiger partial charge in [0.1, 0.15) is 5.01 Å². The molecular formula is C15H18ClN3OS. The smallest absolute Gasteiger partial charge is 0.234 e. The van der Waals surface area contributed by atoms with Gasteiger partial charge in [0.05, 0.1) is 18.3 Å². The van der Waals surface area contributed by atoms with E-state index in [9.17, 15) is 4.79 Å². The van der Waals surface area contributed by atoms with Crippen LogP contribution in [-0.2, 0) is 4.79 Å². The van der Waals surface area contributed by atoms with Crippen LogP contribution in [0.1, 0.15) is 22.9 Å². The highest BCUT2D eigenvalue weighted by Gasteiger charge is 2.16. The maximum absolute atomic E-state index is 11.6. The van der Waals surface area contributed by atoms with Gasteiger partial charge in [-0.2, -0.15) is 0 Å². The summed E-state index contributed by atoms with van der Waals surface area (Å²) in [4.78, 5) is 17.4. The van der Waals surface area contributed by atoms with Gasteiger partial charge in [-0.15, -0.1) is 11.3 Å². The molecule has 0 bridgehead atoms. The predicted octanol–water partition coefficient (Wildman–Crippen LogP) is 3.17. The molecule has 0 radical (unpaired) electrons. The Balaban J connectivity index is 2.18. The minimum atomic E-state index is -0.101. The number of nitrogens with one attached hydrogen (secondary N) is 2. The number of halogens is 1. The summed E-state index contributed by atoms with van der Waals surface area (Å²) in [6.45, 7) is 4.28. The Morgan fingerprint density at radius 3 is 2.67 bits per heavy atom. The van der Waals surface area contributed by atoms with E-state index in [-0.39, 0.29) is 11.9 Å². The molecule has 0 fully saturated rings. The molecule has 1 amide bonds. The van der Waals surface area contributed by atoms with Crippen molar-refractivity contribution in [2.24, 2.45) is 0 Å². The topological polar surface area (TPSA) is 54.0 Å². The van der Waals surface area contributed by atoms with E-state index < -0.39 is 0 Å². The lowest BCUT2D eigenvalue weighted by Crippen LogP contribution is -2.33. The van der Waals surface area contributed by atoms with E-state index in [2.05, 4.69) is 15.6 Å². The van der Waals surface area contributed by atoms with E-state index in [0.717, 1.165) is 21.1 Å². The molecule has 4 nitrogen and oxygen atoms in total. The normalized spacial score (nSPS) is 12.2. The largest absolute Gasteiger partial charge is 0.346 e. The summed E-state index contributed by atoms with van der Waals surface area (Å²) in [5.41, 5.74) is 1.98. The number of aromatic nitrogens is 1. The van der Waals surface area contributed by atoms with E-state index in [0.29, 0.717) is 11.6 Å². The Labute approximate surface area is 133 Å². The second kappa shape index (κ2) is 7.02. The summed E-state index contributed by atoms with van der Waals surface area (Å²) < 4.78 is 0. The fourth-order valence-electron chi connectivity index (χ4n) is 1.99. The van der Waals surface area contributed by atoms with Gasteiger partial charge in [-0.05, 0) is 33.0 Å². The molecular weight excluding hydrogens is 306 g/mol. The van der Waals surface area contributed by atoms with E-state index in [1.807, 2.05) is 38.1 Å². The van der Waals surface area contributed by atoms with Crippen molar-refractivity contribution in [1.82, 2.24) is 15.6 Å². The van der Waals surface area contributed by atoms with Gasteiger partial charge in [0, 0.05) is 15.5 Å². The third-order valence-corrected chi connectivity index (χ3v) is 4.42. The number of thiazole rings is 1. The highest BCUT2D eigenvalue weighted by Crippen LogP contribution is 2.31. The van der Waals surface area contributed by atoms with Crippen molar-refractivity contribution in [2.45, 2.75) is 19.9 Å². The average Bonchev–Trinajstić information content (AvgIpc) is 2.82. The Morgan fingerprint density at radius 2 is 2.05 bits per heavy atom. The van der Waals surface area contributed by atoms with Crippen LogP contribution in [0.2, 0.25) is 5.02 Å². The molecule has 2 aromatic rings. The van der Waals surface area contributed by atoms with Gasteiger partial charge in [-0.25, -0.2) is 4.98 Å². The maximum atomic E-state index is 11.6. The first-order valence-electron chi connectivity index (χ1n) is 6.68. The maximum Gasteiger partial charge on any atom is 0.234 e. The van der Waals surface area contributed by atoms with Crippen LogP contribution in [0.25, 0.3) is 11.3 Å². The van der Waals surface area contributed by atoms with Crippen LogP contribution >= 0.6 is 22.9 Å². The predicted molar refractivity (Wildman–Crippen MR) is 87.8 cm³/mol. The van der Waals surface area contributed by atoms with Gasteiger partial charge >= 0.3 is 0 Å². The summed E-state index contributed by atoms with van der Waals surface area (Å²) in [6.07, 6.45) is 0. The quantitative estimate of drug-likeness (QED) is 0.888. The molecule has 1 heterocycles. The molecule has 0 saturated heterocycles. The summed E-state index contributed by atoms with van der Waals surface area (Å²) in [5, 5.41) is 7.37. The van der Waals surface area contributed by atoms with Crippen LogP contribution in [-0.4, -0.2) is 24.5 Å². The molecule has 2 rings (SSSR count). The zero-order valence-corrected chi connectivity index (χ0v) is 13.8. The summed E-state index contributed by atoms with van der Waals surface area (Å²) >= 11 is 7.51. The van der Waals surface area contributed by atoms with E-state index in [4.69, 9.17) is 11.6 Å². The average molecular weight is 324 g/mol. The second-order valence-corrected chi connectivity index (χ2v) is 6.45. The van der Waals surface area contributed by atoms with Gasteiger partial charge in [0.2, 0.25) is 5.91 Å². The minimum absolute atomic E-state index is 0.0362.